The molecule has 0 aromatic carbocycles. The Hall–Kier alpha value is -3.42. The van der Waals surface area contributed by atoms with E-state index in [9.17, 15) is 0 Å². The van der Waals surface area contributed by atoms with E-state index in [1.807, 2.05) is 37.6 Å². The molecule has 0 aliphatic heterocycles. The first-order valence-corrected chi connectivity index (χ1v) is 10.2. The number of fused-ring (bicyclic) bond motifs is 1. The van der Waals surface area contributed by atoms with Crippen LogP contribution in [-0.4, -0.2) is 36.6 Å². The van der Waals surface area contributed by atoms with Crippen LogP contribution < -0.4 is 10.1 Å². The summed E-state index contributed by atoms with van der Waals surface area (Å²) in [6.07, 6.45) is 3.49. The summed E-state index contributed by atoms with van der Waals surface area (Å²) in [5.74, 6) is 0.717. The van der Waals surface area contributed by atoms with Crippen molar-refractivity contribution >= 4 is 16.7 Å². The molecule has 4 aromatic heterocycles. The molecule has 0 unspecified atom stereocenters. The Balaban J connectivity index is 1.86. The van der Waals surface area contributed by atoms with E-state index in [-0.39, 0.29) is 6.04 Å². The summed E-state index contributed by atoms with van der Waals surface area (Å²) in [5, 5.41) is 15.6. The van der Waals surface area contributed by atoms with Crippen LogP contribution in [0.4, 0.5) is 5.69 Å². The number of H-pyrrole nitrogens is 1. The van der Waals surface area contributed by atoms with Crippen LogP contribution in [0.5, 0.6) is 5.75 Å². The lowest BCUT2D eigenvalue weighted by Gasteiger charge is -2.15. The Morgan fingerprint density at radius 1 is 1.23 bits per heavy atom. The Kier molecular flexibility index (Phi) is 5.39. The van der Waals surface area contributed by atoms with Crippen LogP contribution >= 0.6 is 0 Å². The zero-order valence-electron chi connectivity index (χ0n) is 18.0. The minimum absolute atomic E-state index is 0.210. The fourth-order valence-corrected chi connectivity index (χ4v) is 3.54. The number of aromatic nitrogens is 6. The molecule has 0 bridgehead atoms. The van der Waals surface area contributed by atoms with Crippen LogP contribution in [-0.2, 0) is 6.54 Å². The molecular weight excluding hydrogens is 378 g/mol. The molecule has 0 aliphatic carbocycles. The second kappa shape index (κ2) is 8.14. The largest absolute Gasteiger partial charge is 0.492 e. The first-order valence-electron chi connectivity index (χ1n) is 10.2. The normalized spacial score (nSPS) is 11.4. The number of rotatable bonds is 7. The summed E-state index contributed by atoms with van der Waals surface area (Å²) in [6, 6.07) is 6.23. The Labute approximate surface area is 175 Å². The van der Waals surface area contributed by atoms with Gasteiger partial charge in [0.05, 0.1) is 42.1 Å². The molecular formula is C22H27N7O. The smallest absolute Gasteiger partial charge is 0.146 e. The maximum Gasteiger partial charge on any atom is 0.146 e. The molecule has 8 heteroatoms. The molecule has 0 amide bonds. The SMILES string of the molecule is CCOc1cnccc1-c1cc(NCc2cc(C)[nH]n2)c2c(n1)c(C)nn2C(C)C. The van der Waals surface area contributed by atoms with E-state index >= 15 is 0 Å². The Morgan fingerprint density at radius 2 is 2.07 bits per heavy atom. The van der Waals surface area contributed by atoms with Crippen molar-refractivity contribution in [1.82, 2.24) is 29.9 Å². The van der Waals surface area contributed by atoms with Crippen LogP contribution in [0.1, 0.15) is 43.9 Å². The highest BCUT2D eigenvalue weighted by Gasteiger charge is 2.19. The molecule has 4 aromatic rings. The van der Waals surface area contributed by atoms with Crippen molar-refractivity contribution in [3.8, 4) is 17.0 Å². The highest BCUT2D eigenvalue weighted by atomic mass is 16.5. The highest BCUT2D eigenvalue weighted by molar-refractivity contribution is 5.93. The molecule has 0 saturated heterocycles. The maximum atomic E-state index is 5.79. The van der Waals surface area contributed by atoms with Crippen molar-refractivity contribution in [3.05, 3.63) is 47.7 Å². The minimum atomic E-state index is 0.210. The number of hydrogen-bond acceptors (Lipinski definition) is 6. The fourth-order valence-electron chi connectivity index (χ4n) is 3.54. The molecule has 4 heterocycles. The van der Waals surface area contributed by atoms with E-state index in [4.69, 9.17) is 14.8 Å². The number of nitrogens with zero attached hydrogens (tertiary/aromatic N) is 5. The third-order valence-electron chi connectivity index (χ3n) is 4.89. The van der Waals surface area contributed by atoms with Crippen molar-refractivity contribution in [2.45, 2.75) is 47.2 Å². The van der Waals surface area contributed by atoms with Crippen molar-refractivity contribution in [2.75, 3.05) is 11.9 Å². The second-order valence-electron chi connectivity index (χ2n) is 7.58. The van der Waals surface area contributed by atoms with Gasteiger partial charge in [0.25, 0.3) is 0 Å². The van der Waals surface area contributed by atoms with Gasteiger partial charge in [-0.25, -0.2) is 4.98 Å². The van der Waals surface area contributed by atoms with Crippen molar-refractivity contribution in [2.24, 2.45) is 0 Å². The summed E-state index contributed by atoms with van der Waals surface area (Å²) in [5.41, 5.74) is 7.44. The molecule has 0 atom stereocenters. The maximum absolute atomic E-state index is 5.79. The molecule has 30 heavy (non-hydrogen) atoms. The van der Waals surface area contributed by atoms with E-state index in [1.165, 1.54) is 0 Å². The number of anilines is 1. The number of aromatic amines is 1. The molecule has 0 radical (unpaired) electrons. The standard InChI is InChI=1S/C22H27N7O/c1-6-30-20-12-23-8-7-17(20)18-10-19(24-11-16-9-14(4)26-27-16)22-21(25-18)15(5)28-29(22)13(2)3/h7-10,12-13H,6,11H2,1-5H3,(H,24,25)(H,26,27). The van der Waals surface area contributed by atoms with E-state index in [2.05, 4.69) is 40.4 Å². The van der Waals surface area contributed by atoms with Crippen LogP contribution in [0.3, 0.4) is 0 Å². The lowest BCUT2D eigenvalue weighted by Crippen LogP contribution is -2.07. The molecule has 0 fully saturated rings. The molecule has 0 aliphatic rings. The topological polar surface area (TPSA) is 93.5 Å². The average Bonchev–Trinajstić information content (AvgIpc) is 3.30. The van der Waals surface area contributed by atoms with Crippen molar-refractivity contribution < 1.29 is 4.74 Å². The fraction of sp³-hybridized carbons (Fsp3) is 0.364. The lowest BCUT2D eigenvalue weighted by atomic mass is 10.1. The van der Waals surface area contributed by atoms with Gasteiger partial charge in [0, 0.05) is 23.5 Å². The van der Waals surface area contributed by atoms with Gasteiger partial charge in [-0.3, -0.25) is 14.8 Å². The van der Waals surface area contributed by atoms with E-state index in [1.54, 1.807) is 12.4 Å². The molecule has 0 saturated carbocycles. The van der Waals surface area contributed by atoms with Gasteiger partial charge in [0.15, 0.2) is 0 Å². The van der Waals surface area contributed by atoms with Crippen LogP contribution in [0.25, 0.3) is 22.3 Å². The monoisotopic (exact) mass is 405 g/mol. The Bertz CT molecular complexity index is 1180. The predicted molar refractivity (Wildman–Crippen MR) is 118 cm³/mol. The zero-order valence-corrected chi connectivity index (χ0v) is 18.0. The van der Waals surface area contributed by atoms with Gasteiger partial charge < -0.3 is 10.1 Å². The number of ether oxygens (including phenoxy) is 1. The summed E-state index contributed by atoms with van der Waals surface area (Å²) < 4.78 is 7.81. The summed E-state index contributed by atoms with van der Waals surface area (Å²) in [6.45, 7) is 11.4. The highest BCUT2D eigenvalue weighted by Crippen LogP contribution is 2.35. The third-order valence-corrected chi connectivity index (χ3v) is 4.89. The van der Waals surface area contributed by atoms with Gasteiger partial charge in [-0.05, 0) is 52.8 Å². The third kappa shape index (κ3) is 3.72. The summed E-state index contributed by atoms with van der Waals surface area (Å²) >= 11 is 0. The van der Waals surface area contributed by atoms with Crippen molar-refractivity contribution in [3.63, 3.8) is 0 Å². The van der Waals surface area contributed by atoms with Crippen LogP contribution in [0, 0.1) is 13.8 Å². The predicted octanol–water partition coefficient (Wildman–Crippen LogP) is 4.42. The molecule has 2 N–H and O–H groups in total. The number of pyridine rings is 2. The molecule has 4 rings (SSSR count). The van der Waals surface area contributed by atoms with E-state index in [0.29, 0.717) is 13.2 Å². The molecule has 8 nitrogen and oxygen atoms in total. The zero-order chi connectivity index (χ0) is 21.3. The van der Waals surface area contributed by atoms with Crippen molar-refractivity contribution in [1.29, 1.82) is 0 Å². The quantitative estimate of drug-likeness (QED) is 0.473. The molecule has 156 valence electrons. The molecule has 0 spiro atoms. The first-order chi connectivity index (χ1) is 14.5. The minimum Gasteiger partial charge on any atom is -0.492 e. The average molecular weight is 406 g/mol. The van der Waals surface area contributed by atoms with Gasteiger partial charge in [0.2, 0.25) is 0 Å². The van der Waals surface area contributed by atoms with Gasteiger partial charge >= 0.3 is 0 Å². The lowest BCUT2D eigenvalue weighted by molar-refractivity contribution is 0.340. The Morgan fingerprint density at radius 3 is 2.77 bits per heavy atom. The number of nitrogens with one attached hydrogen (secondary N) is 2. The van der Waals surface area contributed by atoms with Crippen LogP contribution in [0.15, 0.2) is 30.6 Å². The summed E-state index contributed by atoms with van der Waals surface area (Å²) in [4.78, 5) is 9.16. The number of aryl methyl sites for hydroxylation is 2. The van der Waals surface area contributed by atoms with E-state index < -0.39 is 0 Å². The van der Waals surface area contributed by atoms with Gasteiger partial charge in [0.1, 0.15) is 16.8 Å². The first kappa shape index (κ1) is 19.9. The van der Waals surface area contributed by atoms with Gasteiger partial charge in [-0.2, -0.15) is 10.2 Å². The second-order valence-corrected chi connectivity index (χ2v) is 7.58. The summed E-state index contributed by atoms with van der Waals surface area (Å²) in [7, 11) is 0. The van der Waals surface area contributed by atoms with E-state index in [0.717, 1.165) is 50.8 Å². The van der Waals surface area contributed by atoms with Crippen LogP contribution in [0.2, 0.25) is 0 Å². The van der Waals surface area contributed by atoms with Gasteiger partial charge in [-0.15, -0.1) is 0 Å². The number of hydrogen-bond donors (Lipinski definition) is 2. The van der Waals surface area contributed by atoms with Gasteiger partial charge in [-0.1, -0.05) is 0 Å².